The van der Waals surface area contributed by atoms with Crippen LogP contribution >= 0.6 is 0 Å². The van der Waals surface area contributed by atoms with E-state index in [1.54, 1.807) is 30.6 Å². The van der Waals surface area contributed by atoms with Gasteiger partial charge in [0.15, 0.2) is 11.4 Å². The summed E-state index contributed by atoms with van der Waals surface area (Å²) in [5, 5.41) is 2.13. The first kappa shape index (κ1) is 14.6. The first-order valence-electron chi connectivity index (χ1n) is 6.21. The molecule has 3 N–H and O–H groups in total. The van der Waals surface area contributed by atoms with E-state index in [-0.39, 0.29) is 24.6 Å². The van der Waals surface area contributed by atoms with Crippen LogP contribution in [0, 0.1) is 0 Å². The summed E-state index contributed by atoms with van der Waals surface area (Å²) >= 11 is 0. The molecule has 0 spiro atoms. The summed E-state index contributed by atoms with van der Waals surface area (Å²) in [7, 11) is 0. The van der Waals surface area contributed by atoms with Crippen molar-refractivity contribution in [3.05, 3.63) is 54.1 Å². The SMILES string of the molecule is NCC(=O)NC(=O)c1ncccc1OCc1cccnc1. The van der Waals surface area contributed by atoms with Crippen molar-refractivity contribution < 1.29 is 14.3 Å². The third-order valence-corrected chi connectivity index (χ3v) is 2.54. The van der Waals surface area contributed by atoms with Crippen LogP contribution in [-0.4, -0.2) is 28.3 Å². The minimum absolute atomic E-state index is 0.0307. The predicted octanol–water partition coefficient (Wildman–Crippen LogP) is 0.271. The first-order valence-corrected chi connectivity index (χ1v) is 6.21. The minimum atomic E-state index is -0.646. The average Bonchev–Trinajstić information content (AvgIpc) is 2.54. The molecule has 21 heavy (non-hydrogen) atoms. The molecule has 0 radical (unpaired) electrons. The molecule has 0 atom stereocenters. The van der Waals surface area contributed by atoms with Gasteiger partial charge in [-0.15, -0.1) is 0 Å². The summed E-state index contributed by atoms with van der Waals surface area (Å²) in [6, 6.07) is 6.88. The van der Waals surface area contributed by atoms with Crippen molar-refractivity contribution in [3.8, 4) is 5.75 Å². The maximum Gasteiger partial charge on any atom is 0.280 e. The second kappa shape index (κ2) is 7.11. The molecule has 2 aromatic heterocycles. The zero-order valence-electron chi connectivity index (χ0n) is 11.2. The fourth-order valence-corrected chi connectivity index (χ4v) is 1.56. The highest BCUT2D eigenvalue weighted by atomic mass is 16.5. The van der Waals surface area contributed by atoms with Gasteiger partial charge < -0.3 is 10.5 Å². The molecule has 0 bridgehead atoms. The minimum Gasteiger partial charge on any atom is -0.486 e. The van der Waals surface area contributed by atoms with Gasteiger partial charge in [-0.1, -0.05) is 6.07 Å². The van der Waals surface area contributed by atoms with Gasteiger partial charge in [-0.05, 0) is 18.2 Å². The van der Waals surface area contributed by atoms with E-state index >= 15 is 0 Å². The van der Waals surface area contributed by atoms with Gasteiger partial charge in [0, 0.05) is 24.2 Å². The zero-order chi connectivity index (χ0) is 15.1. The van der Waals surface area contributed by atoms with Crippen molar-refractivity contribution in [2.75, 3.05) is 6.54 Å². The van der Waals surface area contributed by atoms with Crippen molar-refractivity contribution >= 4 is 11.8 Å². The van der Waals surface area contributed by atoms with Crippen LogP contribution in [0.4, 0.5) is 0 Å². The van der Waals surface area contributed by atoms with Crippen LogP contribution in [0.5, 0.6) is 5.75 Å². The van der Waals surface area contributed by atoms with E-state index in [2.05, 4.69) is 15.3 Å². The number of carbonyl (C=O) groups excluding carboxylic acids is 2. The van der Waals surface area contributed by atoms with Crippen LogP contribution in [0.1, 0.15) is 16.1 Å². The second-order valence-electron chi connectivity index (χ2n) is 4.08. The molecule has 7 heteroatoms. The molecule has 0 saturated heterocycles. The standard InChI is InChI=1S/C14H14N4O3/c15-7-12(19)18-14(20)13-11(4-2-6-17-13)21-9-10-3-1-5-16-8-10/h1-6,8H,7,9,15H2,(H,18,19,20). The number of hydrogen-bond donors (Lipinski definition) is 2. The third-order valence-electron chi connectivity index (χ3n) is 2.54. The van der Waals surface area contributed by atoms with Gasteiger partial charge in [-0.25, -0.2) is 4.98 Å². The fourth-order valence-electron chi connectivity index (χ4n) is 1.56. The van der Waals surface area contributed by atoms with Crippen molar-refractivity contribution in [1.29, 1.82) is 0 Å². The topological polar surface area (TPSA) is 107 Å². The van der Waals surface area contributed by atoms with Crippen molar-refractivity contribution in [1.82, 2.24) is 15.3 Å². The number of carbonyl (C=O) groups is 2. The molecule has 0 saturated carbocycles. The van der Waals surface area contributed by atoms with Crippen LogP contribution in [-0.2, 0) is 11.4 Å². The van der Waals surface area contributed by atoms with Crippen LogP contribution in [0.3, 0.4) is 0 Å². The summed E-state index contributed by atoms with van der Waals surface area (Å²) in [6.07, 6.45) is 4.76. The lowest BCUT2D eigenvalue weighted by Gasteiger charge is -2.10. The molecule has 0 fully saturated rings. The van der Waals surface area contributed by atoms with Gasteiger partial charge in [0.05, 0.1) is 6.54 Å². The molecule has 108 valence electrons. The van der Waals surface area contributed by atoms with Crippen LogP contribution in [0.15, 0.2) is 42.9 Å². The number of nitrogens with zero attached hydrogens (tertiary/aromatic N) is 2. The van der Waals surface area contributed by atoms with Gasteiger partial charge in [0.2, 0.25) is 5.91 Å². The highest BCUT2D eigenvalue weighted by molar-refractivity contribution is 6.05. The molecular weight excluding hydrogens is 272 g/mol. The van der Waals surface area contributed by atoms with Crippen molar-refractivity contribution in [3.63, 3.8) is 0 Å². The third kappa shape index (κ3) is 4.08. The van der Waals surface area contributed by atoms with Gasteiger partial charge in [-0.2, -0.15) is 0 Å². The Bertz CT molecular complexity index is 631. The van der Waals surface area contributed by atoms with Crippen molar-refractivity contribution in [2.45, 2.75) is 6.61 Å². The van der Waals surface area contributed by atoms with Gasteiger partial charge >= 0.3 is 0 Å². The normalized spacial score (nSPS) is 9.95. The summed E-state index contributed by atoms with van der Waals surface area (Å²) in [5.74, 6) is -0.945. The van der Waals surface area contributed by atoms with E-state index in [1.165, 1.54) is 6.20 Å². The van der Waals surface area contributed by atoms with Crippen molar-refractivity contribution in [2.24, 2.45) is 5.73 Å². The highest BCUT2D eigenvalue weighted by Crippen LogP contribution is 2.16. The predicted molar refractivity (Wildman–Crippen MR) is 74.3 cm³/mol. The zero-order valence-corrected chi connectivity index (χ0v) is 11.2. The van der Waals surface area contributed by atoms with E-state index in [9.17, 15) is 9.59 Å². The summed E-state index contributed by atoms with van der Waals surface area (Å²) in [4.78, 5) is 31.0. The molecule has 0 unspecified atom stereocenters. The Morgan fingerprint density at radius 3 is 2.76 bits per heavy atom. The molecule has 0 aliphatic rings. The molecule has 0 aliphatic heterocycles. The monoisotopic (exact) mass is 286 g/mol. The maximum atomic E-state index is 11.9. The fraction of sp³-hybridized carbons (Fsp3) is 0.143. The number of rotatable bonds is 5. The molecule has 2 aromatic rings. The van der Waals surface area contributed by atoms with E-state index in [4.69, 9.17) is 10.5 Å². The highest BCUT2D eigenvalue weighted by Gasteiger charge is 2.16. The van der Waals surface area contributed by atoms with E-state index in [0.717, 1.165) is 5.56 Å². The summed E-state index contributed by atoms with van der Waals surface area (Å²) in [5.41, 5.74) is 6.03. The molecule has 7 nitrogen and oxygen atoms in total. The lowest BCUT2D eigenvalue weighted by atomic mass is 10.3. The average molecular weight is 286 g/mol. The number of pyridine rings is 2. The number of ether oxygens (including phenoxy) is 1. The number of hydrogen-bond acceptors (Lipinski definition) is 6. The van der Waals surface area contributed by atoms with Crippen LogP contribution in [0.25, 0.3) is 0 Å². The Labute approximate surface area is 121 Å². The van der Waals surface area contributed by atoms with Gasteiger partial charge in [-0.3, -0.25) is 19.9 Å². The number of amides is 2. The van der Waals surface area contributed by atoms with E-state index < -0.39 is 11.8 Å². The smallest absolute Gasteiger partial charge is 0.280 e. The lowest BCUT2D eigenvalue weighted by molar-refractivity contribution is -0.118. The second-order valence-corrected chi connectivity index (χ2v) is 4.08. The van der Waals surface area contributed by atoms with E-state index in [0.29, 0.717) is 0 Å². The van der Waals surface area contributed by atoms with Gasteiger partial charge in [0.1, 0.15) is 6.61 Å². The number of nitrogens with two attached hydrogens (primary N) is 1. The molecule has 2 rings (SSSR count). The molecule has 2 amide bonds. The number of nitrogens with one attached hydrogen (secondary N) is 1. The maximum absolute atomic E-state index is 11.9. The van der Waals surface area contributed by atoms with Crippen LogP contribution < -0.4 is 15.8 Å². The number of imide groups is 1. The Balaban J connectivity index is 2.09. The Morgan fingerprint density at radius 1 is 1.24 bits per heavy atom. The molecule has 0 aliphatic carbocycles. The Morgan fingerprint density at radius 2 is 2.05 bits per heavy atom. The van der Waals surface area contributed by atoms with Crippen LogP contribution in [0.2, 0.25) is 0 Å². The lowest BCUT2D eigenvalue weighted by Crippen LogP contribution is -2.36. The number of aromatic nitrogens is 2. The summed E-state index contributed by atoms with van der Waals surface area (Å²) in [6.45, 7) is -0.0326. The largest absolute Gasteiger partial charge is 0.486 e. The molecule has 2 heterocycles. The summed E-state index contributed by atoms with van der Waals surface area (Å²) < 4.78 is 5.55. The quantitative estimate of drug-likeness (QED) is 0.817. The Hall–Kier alpha value is -2.80. The molecule has 0 aromatic carbocycles. The first-order chi connectivity index (χ1) is 10.2. The van der Waals surface area contributed by atoms with Gasteiger partial charge in [0.25, 0.3) is 5.91 Å². The Kier molecular flexibility index (Phi) is 4.94. The molecular formula is C14H14N4O3. The van der Waals surface area contributed by atoms with E-state index in [1.807, 2.05) is 6.07 Å².